The molecule has 0 spiro atoms. The number of nitrogens with zero attached hydrogens (tertiary/aromatic N) is 4. The summed E-state index contributed by atoms with van der Waals surface area (Å²) in [6, 6.07) is 12.8. The number of para-hydroxylation sites is 1. The molecule has 1 aromatic carbocycles. The summed E-state index contributed by atoms with van der Waals surface area (Å²) in [4.78, 5) is 17.2. The number of aryl methyl sites for hydroxylation is 1. The Bertz CT molecular complexity index is 1250. The maximum atomic E-state index is 13.5. The minimum absolute atomic E-state index is 0.0756. The monoisotopic (exact) mass is 476 g/mol. The van der Waals surface area contributed by atoms with Crippen molar-refractivity contribution in [3.8, 4) is 5.69 Å². The molecule has 0 fully saturated rings. The van der Waals surface area contributed by atoms with Crippen LogP contribution in [-0.2, 0) is 16.4 Å². The van der Waals surface area contributed by atoms with Gasteiger partial charge in [-0.05, 0) is 36.6 Å². The largest absolute Gasteiger partial charge is 0.465 e. The number of hydrogen-bond acceptors (Lipinski definition) is 5. The third kappa shape index (κ3) is 5.28. The van der Waals surface area contributed by atoms with Gasteiger partial charge in [0.25, 0.3) is 0 Å². The van der Waals surface area contributed by atoms with Crippen molar-refractivity contribution in [3.63, 3.8) is 0 Å². The van der Waals surface area contributed by atoms with Crippen LogP contribution in [0.5, 0.6) is 0 Å². The number of sulfone groups is 1. The number of carbonyl (C=O) groups is 1. The van der Waals surface area contributed by atoms with Crippen LogP contribution in [0.15, 0.2) is 58.6 Å². The zero-order chi connectivity index (χ0) is 23.7. The second kappa shape index (κ2) is 8.91. The van der Waals surface area contributed by atoms with Gasteiger partial charge in [0.05, 0.1) is 22.9 Å². The molecule has 1 N–H and O–H groups in total. The number of carboxylic acid groups (broad SMARTS) is 1. The number of amides is 1. The van der Waals surface area contributed by atoms with Gasteiger partial charge in [0.1, 0.15) is 0 Å². The van der Waals surface area contributed by atoms with Gasteiger partial charge in [-0.15, -0.1) is 0 Å². The number of pyridine rings is 1. The van der Waals surface area contributed by atoms with Gasteiger partial charge >= 0.3 is 6.09 Å². The first-order valence-corrected chi connectivity index (χ1v) is 11.7. The summed E-state index contributed by atoms with van der Waals surface area (Å²) in [5.41, 5.74) is 0.911. The van der Waals surface area contributed by atoms with Crippen LogP contribution in [0, 0.1) is 12.3 Å². The highest BCUT2D eigenvalue weighted by molar-refractivity contribution is 7.91. The molecule has 0 bridgehead atoms. The molecule has 32 heavy (non-hydrogen) atoms. The van der Waals surface area contributed by atoms with Gasteiger partial charge in [-0.3, -0.25) is 0 Å². The third-order valence-corrected chi connectivity index (χ3v) is 6.45. The zero-order valence-electron chi connectivity index (χ0n) is 18.3. The molecule has 0 saturated heterocycles. The van der Waals surface area contributed by atoms with Crippen molar-refractivity contribution in [1.82, 2.24) is 19.7 Å². The van der Waals surface area contributed by atoms with E-state index in [-0.39, 0.29) is 34.3 Å². The zero-order valence-corrected chi connectivity index (χ0v) is 19.9. The highest BCUT2D eigenvalue weighted by Crippen LogP contribution is 2.28. The predicted octanol–water partition coefficient (Wildman–Crippen LogP) is 4.59. The average molecular weight is 477 g/mol. The predicted molar refractivity (Wildman–Crippen MR) is 121 cm³/mol. The summed E-state index contributed by atoms with van der Waals surface area (Å²) < 4.78 is 28.1. The van der Waals surface area contributed by atoms with Gasteiger partial charge in [0, 0.05) is 18.3 Å². The van der Waals surface area contributed by atoms with E-state index < -0.39 is 15.9 Å². The van der Waals surface area contributed by atoms with Crippen molar-refractivity contribution in [3.05, 3.63) is 64.9 Å². The highest BCUT2D eigenvalue weighted by Gasteiger charge is 2.29. The lowest BCUT2D eigenvalue weighted by Crippen LogP contribution is -2.36. The van der Waals surface area contributed by atoms with Crippen LogP contribution in [0.4, 0.5) is 4.79 Å². The molecule has 0 atom stereocenters. The van der Waals surface area contributed by atoms with E-state index in [0.717, 1.165) is 0 Å². The van der Waals surface area contributed by atoms with Crippen LogP contribution in [0.3, 0.4) is 0 Å². The summed E-state index contributed by atoms with van der Waals surface area (Å²) in [6.07, 6.45) is -1.11. The molecule has 170 valence electrons. The standard InChI is InChI=1S/C22H25ClN4O4S/c1-15-8-7-11-19(24-15)32(30,31)20-12-16(13-26(21(28)29)14-22(2,3)4)25-27(20)18-10-6-5-9-17(18)23/h5-12H,13-14H2,1-4H3,(H,28,29). The molecular weight excluding hydrogens is 452 g/mol. The van der Waals surface area contributed by atoms with Gasteiger partial charge in [-0.2, -0.15) is 5.10 Å². The summed E-state index contributed by atoms with van der Waals surface area (Å²) in [5, 5.41) is 14.1. The van der Waals surface area contributed by atoms with E-state index >= 15 is 0 Å². The van der Waals surface area contributed by atoms with Crippen molar-refractivity contribution in [2.24, 2.45) is 5.41 Å². The van der Waals surface area contributed by atoms with Gasteiger partial charge < -0.3 is 10.0 Å². The average Bonchev–Trinajstić information content (AvgIpc) is 3.11. The van der Waals surface area contributed by atoms with Crippen molar-refractivity contribution >= 4 is 27.5 Å². The molecule has 0 aliphatic rings. The van der Waals surface area contributed by atoms with Gasteiger partial charge in [0.2, 0.25) is 9.84 Å². The lowest BCUT2D eigenvalue weighted by atomic mass is 9.96. The summed E-state index contributed by atoms with van der Waals surface area (Å²) in [6.45, 7) is 7.64. The van der Waals surface area contributed by atoms with Crippen molar-refractivity contribution in [2.75, 3.05) is 6.54 Å². The molecule has 0 radical (unpaired) electrons. The lowest BCUT2D eigenvalue weighted by Gasteiger charge is -2.27. The van der Waals surface area contributed by atoms with Crippen LogP contribution >= 0.6 is 11.6 Å². The van der Waals surface area contributed by atoms with E-state index in [1.807, 2.05) is 20.8 Å². The van der Waals surface area contributed by atoms with E-state index in [9.17, 15) is 18.3 Å². The molecule has 2 aromatic heterocycles. The van der Waals surface area contributed by atoms with Crippen molar-refractivity contribution < 1.29 is 18.3 Å². The molecule has 0 aliphatic heterocycles. The number of hydrogen-bond donors (Lipinski definition) is 1. The first-order valence-electron chi connectivity index (χ1n) is 9.89. The Morgan fingerprint density at radius 2 is 1.84 bits per heavy atom. The quantitative estimate of drug-likeness (QED) is 0.557. The molecule has 0 saturated carbocycles. The molecule has 2 heterocycles. The molecule has 3 rings (SSSR count). The molecular formula is C22H25ClN4O4S. The summed E-state index contributed by atoms with van der Waals surface area (Å²) >= 11 is 6.33. The summed E-state index contributed by atoms with van der Waals surface area (Å²) in [5.74, 6) is 0. The van der Waals surface area contributed by atoms with Gasteiger partial charge in [0.15, 0.2) is 10.1 Å². The maximum absolute atomic E-state index is 13.5. The Hall–Kier alpha value is -2.91. The van der Waals surface area contributed by atoms with E-state index in [0.29, 0.717) is 16.4 Å². The lowest BCUT2D eigenvalue weighted by molar-refractivity contribution is 0.122. The van der Waals surface area contributed by atoms with Crippen LogP contribution in [0.2, 0.25) is 5.02 Å². The molecule has 10 heteroatoms. The van der Waals surface area contributed by atoms with Crippen molar-refractivity contribution in [2.45, 2.75) is 44.3 Å². The molecule has 1 amide bonds. The highest BCUT2D eigenvalue weighted by atomic mass is 35.5. The van der Waals surface area contributed by atoms with Gasteiger partial charge in [-0.25, -0.2) is 22.9 Å². The topological polar surface area (TPSA) is 105 Å². The fourth-order valence-electron chi connectivity index (χ4n) is 3.21. The SMILES string of the molecule is Cc1cccc(S(=O)(=O)c2cc(CN(CC(C)(C)C)C(=O)O)nn2-c2ccccc2Cl)n1. The number of benzene rings is 1. The molecule has 3 aromatic rings. The third-order valence-electron chi connectivity index (χ3n) is 4.51. The van der Waals surface area contributed by atoms with Crippen LogP contribution < -0.4 is 0 Å². The van der Waals surface area contributed by atoms with E-state index in [1.54, 1.807) is 43.3 Å². The van der Waals surface area contributed by atoms with Crippen LogP contribution in [0.1, 0.15) is 32.2 Å². The van der Waals surface area contributed by atoms with Crippen molar-refractivity contribution in [1.29, 1.82) is 0 Å². The van der Waals surface area contributed by atoms with Crippen LogP contribution in [-0.4, -0.2) is 45.8 Å². The first kappa shape index (κ1) is 23.7. The van der Waals surface area contributed by atoms with E-state index in [1.165, 1.54) is 21.7 Å². The summed E-state index contributed by atoms with van der Waals surface area (Å²) in [7, 11) is -4.06. The minimum atomic E-state index is -4.06. The smallest absolute Gasteiger partial charge is 0.407 e. The Morgan fingerprint density at radius 3 is 2.44 bits per heavy atom. The second-order valence-electron chi connectivity index (χ2n) is 8.66. The minimum Gasteiger partial charge on any atom is -0.465 e. The molecule has 0 aliphatic carbocycles. The number of rotatable bonds is 6. The molecule has 0 unspecified atom stereocenters. The Labute approximate surface area is 192 Å². The Kier molecular flexibility index (Phi) is 6.61. The number of aromatic nitrogens is 3. The van der Waals surface area contributed by atoms with E-state index in [2.05, 4.69) is 10.1 Å². The molecule has 8 nitrogen and oxygen atoms in total. The maximum Gasteiger partial charge on any atom is 0.407 e. The van der Waals surface area contributed by atoms with Crippen LogP contribution in [0.25, 0.3) is 5.69 Å². The second-order valence-corrected chi connectivity index (χ2v) is 10.9. The normalized spacial score (nSPS) is 12.0. The number of halogens is 1. The van der Waals surface area contributed by atoms with Gasteiger partial charge in [-0.1, -0.05) is 50.6 Å². The van der Waals surface area contributed by atoms with E-state index in [4.69, 9.17) is 11.6 Å². The Morgan fingerprint density at radius 1 is 1.16 bits per heavy atom. The fourth-order valence-corrected chi connectivity index (χ4v) is 4.82. The Balaban J connectivity index is 2.15. The fraction of sp³-hybridized carbons (Fsp3) is 0.318. The first-order chi connectivity index (χ1) is 14.9.